The number of benzene rings is 2. The maximum absolute atomic E-state index is 14.3. The van der Waals surface area contributed by atoms with E-state index in [2.05, 4.69) is 42.1 Å². The molecule has 0 unspecified atom stereocenters. The molecule has 26 heavy (non-hydrogen) atoms. The molecule has 3 heterocycles. The zero-order chi connectivity index (χ0) is 17.8. The number of aromatic nitrogens is 4. The monoisotopic (exact) mass is 412 g/mol. The Labute approximate surface area is 156 Å². The maximum atomic E-state index is 14.3. The van der Waals surface area contributed by atoms with Gasteiger partial charge in [0.05, 0.1) is 11.2 Å². The molecule has 2 aromatic heterocycles. The molecule has 1 aliphatic heterocycles. The van der Waals surface area contributed by atoms with Gasteiger partial charge >= 0.3 is 0 Å². The summed E-state index contributed by atoms with van der Waals surface area (Å²) in [6.45, 7) is 0.794. The summed E-state index contributed by atoms with van der Waals surface area (Å²) in [4.78, 5) is 6.80. The van der Waals surface area contributed by atoms with Crippen molar-refractivity contribution >= 4 is 49.8 Å². The fraction of sp³-hybridized carbons (Fsp3) is 0.167. The lowest BCUT2D eigenvalue weighted by Gasteiger charge is -2.31. The smallest absolute Gasteiger partial charge is 0.257 e. The number of nitrogens with two attached hydrogens (primary N) is 1. The van der Waals surface area contributed by atoms with E-state index in [1.165, 1.54) is 11.6 Å². The van der Waals surface area contributed by atoms with E-state index in [1.807, 2.05) is 12.1 Å². The molecule has 130 valence electrons. The predicted molar refractivity (Wildman–Crippen MR) is 102 cm³/mol. The minimum atomic E-state index is -0.459. The van der Waals surface area contributed by atoms with E-state index in [1.54, 1.807) is 16.8 Å². The van der Waals surface area contributed by atoms with Gasteiger partial charge in [0.2, 0.25) is 0 Å². The lowest BCUT2D eigenvalue weighted by atomic mass is 10.0. The highest BCUT2D eigenvalue weighted by Gasteiger charge is 2.24. The van der Waals surface area contributed by atoms with Crippen molar-refractivity contribution in [1.29, 1.82) is 0 Å². The molecule has 8 heteroatoms. The van der Waals surface area contributed by atoms with Gasteiger partial charge in [0.25, 0.3) is 5.78 Å². The van der Waals surface area contributed by atoms with Gasteiger partial charge < -0.3 is 10.6 Å². The summed E-state index contributed by atoms with van der Waals surface area (Å²) in [6.07, 6.45) is 3.53. The molecule has 0 aliphatic carbocycles. The Morgan fingerprint density at radius 1 is 1.23 bits per heavy atom. The van der Waals surface area contributed by atoms with Gasteiger partial charge in [0.1, 0.15) is 18.0 Å². The van der Waals surface area contributed by atoms with Gasteiger partial charge in [-0.05, 0) is 42.7 Å². The average molecular weight is 413 g/mol. The number of hydrogen-bond donors (Lipinski definition) is 1. The molecule has 0 radical (unpaired) electrons. The quantitative estimate of drug-likeness (QED) is 0.480. The van der Waals surface area contributed by atoms with Crippen molar-refractivity contribution in [1.82, 2.24) is 19.6 Å². The summed E-state index contributed by atoms with van der Waals surface area (Å²) in [5.74, 6) is 0.665. The van der Waals surface area contributed by atoms with Gasteiger partial charge in [-0.15, -0.1) is 10.2 Å². The van der Waals surface area contributed by atoms with Gasteiger partial charge in [-0.1, -0.05) is 22.0 Å². The normalized spacial score (nSPS) is 14.2. The molecule has 0 saturated carbocycles. The molecule has 0 amide bonds. The van der Waals surface area contributed by atoms with Crippen LogP contribution in [-0.2, 0) is 6.42 Å². The van der Waals surface area contributed by atoms with Crippen LogP contribution < -0.4 is 10.6 Å². The van der Waals surface area contributed by atoms with Gasteiger partial charge in [0.15, 0.2) is 0 Å². The van der Waals surface area contributed by atoms with Crippen LogP contribution in [0.4, 0.5) is 21.6 Å². The zero-order valence-corrected chi connectivity index (χ0v) is 15.2. The number of rotatable bonds is 1. The summed E-state index contributed by atoms with van der Waals surface area (Å²) in [6, 6.07) is 9.15. The molecule has 1 aliphatic rings. The number of hydrogen-bond acceptors (Lipinski definition) is 5. The van der Waals surface area contributed by atoms with Crippen molar-refractivity contribution in [2.24, 2.45) is 0 Å². The van der Waals surface area contributed by atoms with Crippen LogP contribution in [0.5, 0.6) is 0 Å². The van der Waals surface area contributed by atoms with Crippen LogP contribution in [0.25, 0.3) is 16.7 Å². The molecule has 2 aromatic carbocycles. The zero-order valence-electron chi connectivity index (χ0n) is 13.7. The molecule has 4 aromatic rings. The minimum Gasteiger partial charge on any atom is -0.396 e. The molecule has 0 bridgehead atoms. The number of anilines is 3. The largest absolute Gasteiger partial charge is 0.396 e. The van der Waals surface area contributed by atoms with Crippen molar-refractivity contribution < 1.29 is 4.39 Å². The Morgan fingerprint density at radius 3 is 3.00 bits per heavy atom. The molecule has 6 nitrogen and oxygen atoms in total. The average Bonchev–Trinajstić information content (AvgIpc) is 3.11. The number of nitrogen functional groups attached to an aromatic ring is 1. The van der Waals surface area contributed by atoms with Gasteiger partial charge in [-0.25, -0.2) is 4.39 Å². The number of fused-ring (bicyclic) bond motifs is 4. The first-order valence-electron chi connectivity index (χ1n) is 8.27. The van der Waals surface area contributed by atoms with E-state index in [4.69, 9.17) is 5.73 Å². The van der Waals surface area contributed by atoms with E-state index in [0.717, 1.165) is 35.1 Å². The third-order valence-electron chi connectivity index (χ3n) is 4.80. The van der Waals surface area contributed by atoms with Gasteiger partial charge in [-0.2, -0.15) is 4.98 Å². The summed E-state index contributed by atoms with van der Waals surface area (Å²) < 4.78 is 17.1. The Morgan fingerprint density at radius 2 is 2.12 bits per heavy atom. The van der Waals surface area contributed by atoms with E-state index < -0.39 is 5.82 Å². The first kappa shape index (κ1) is 15.5. The first-order valence-corrected chi connectivity index (χ1v) is 9.06. The molecule has 0 atom stereocenters. The second kappa shape index (κ2) is 5.63. The first-order chi connectivity index (χ1) is 12.6. The molecule has 0 spiro atoms. The number of halogens is 2. The van der Waals surface area contributed by atoms with Crippen molar-refractivity contribution in [3.63, 3.8) is 0 Å². The second-order valence-electron chi connectivity index (χ2n) is 6.32. The van der Waals surface area contributed by atoms with E-state index in [0.29, 0.717) is 17.0 Å². The van der Waals surface area contributed by atoms with Crippen molar-refractivity contribution in [2.75, 3.05) is 17.2 Å². The highest BCUT2D eigenvalue weighted by molar-refractivity contribution is 9.10. The van der Waals surface area contributed by atoms with Crippen LogP contribution in [0, 0.1) is 5.82 Å². The number of nitrogens with zero attached hydrogens (tertiary/aromatic N) is 5. The summed E-state index contributed by atoms with van der Waals surface area (Å²) in [7, 11) is 0. The Kier molecular flexibility index (Phi) is 3.36. The Hall–Kier alpha value is -2.74. The molecule has 0 fully saturated rings. The van der Waals surface area contributed by atoms with E-state index in [-0.39, 0.29) is 5.69 Å². The summed E-state index contributed by atoms with van der Waals surface area (Å²) in [5, 5.41) is 8.70. The fourth-order valence-electron chi connectivity index (χ4n) is 3.59. The van der Waals surface area contributed by atoms with Crippen LogP contribution in [0.2, 0.25) is 0 Å². The highest BCUT2D eigenvalue weighted by Crippen LogP contribution is 2.39. The van der Waals surface area contributed by atoms with Crippen LogP contribution in [-0.4, -0.2) is 26.1 Å². The maximum Gasteiger partial charge on any atom is 0.257 e. The van der Waals surface area contributed by atoms with Gasteiger partial charge in [0, 0.05) is 22.1 Å². The molecule has 5 rings (SSSR count). The van der Waals surface area contributed by atoms with Crippen molar-refractivity contribution in [2.45, 2.75) is 12.8 Å². The topological polar surface area (TPSA) is 72.3 Å². The third-order valence-corrected chi connectivity index (χ3v) is 5.54. The SMILES string of the molecule is Nc1cc2c(cc1F)c(N1CCCc3c(Br)cccc31)nc1nncn12. The fourth-order valence-corrected chi connectivity index (χ4v) is 4.15. The lowest BCUT2D eigenvalue weighted by Crippen LogP contribution is -2.26. The Bertz CT molecular complexity index is 1170. The molecular weight excluding hydrogens is 399 g/mol. The minimum absolute atomic E-state index is 0.0893. The summed E-state index contributed by atoms with van der Waals surface area (Å²) >= 11 is 3.64. The highest BCUT2D eigenvalue weighted by atomic mass is 79.9. The molecular formula is C18H14BrFN6. The van der Waals surface area contributed by atoms with Crippen LogP contribution >= 0.6 is 15.9 Å². The lowest BCUT2D eigenvalue weighted by molar-refractivity contribution is 0.634. The van der Waals surface area contributed by atoms with Crippen LogP contribution in [0.3, 0.4) is 0 Å². The Balaban J connectivity index is 1.85. The standard InChI is InChI=1S/C18H14BrFN6/c19-12-4-1-5-15-10(12)3-2-6-25(15)17-11-7-13(20)14(21)8-16(11)26-9-22-24-18(26)23-17/h1,4-5,7-9H,2-3,6,21H2. The second-order valence-corrected chi connectivity index (χ2v) is 7.17. The summed E-state index contributed by atoms with van der Waals surface area (Å²) in [5.41, 5.74) is 8.92. The van der Waals surface area contributed by atoms with Crippen LogP contribution in [0.15, 0.2) is 41.1 Å². The molecule has 0 saturated heterocycles. The molecule has 2 N–H and O–H groups in total. The van der Waals surface area contributed by atoms with Crippen molar-refractivity contribution in [3.8, 4) is 0 Å². The van der Waals surface area contributed by atoms with E-state index in [9.17, 15) is 4.39 Å². The third kappa shape index (κ3) is 2.18. The van der Waals surface area contributed by atoms with E-state index >= 15 is 0 Å². The van der Waals surface area contributed by atoms with Crippen LogP contribution in [0.1, 0.15) is 12.0 Å². The van der Waals surface area contributed by atoms with Gasteiger partial charge in [-0.3, -0.25) is 4.40 Å². The predicted octanol–water partition coefficient (Wildman–Crippen LogP) is 3.85. The van der Waals surface area contributed by atoms with Crippen molar-refractivity contribution in [3.05, 3.63) is 52.5 Å².